The smallest absolute Gasteiger partial charge is 0.203 e. The third-order valence-corrected chi connectivity index (χ3v) is 5.71. The highest BCUT2D eigenvalue weighted by molar-refractivity contribution is 9.10. The number of hydrogen-bond acceptors (Lipinski definition) is 6. The van der Waals surface area contributed by atoms with Gasteiger partial charge in [-0.2, -0.15) is 0 Å². The molecule has 0 bridgehead atoms. The summed E-state index contributed by atoms with van der Waals surface area (Å²) >= 11 is 5.03. The number of aromatic amines is 1. The number of methoxy groups -OCH3 is 3. The maximum Gasteiger partial charge on any atom is 0.203 e. The lowest BCUT2D eigenvalue weighted by Gasteiger charge is -2.13. The molecule has 2 heterocycles. The maximum absolute atomic E-state index is 5.43. The first-order chi connectivity index (χ1) is 13.1. The zero-order chi connectivity index (χ0) is 19.0. The fourth-order valence-electron chi connectivity index (χ4n) is 2.92. The summed E-state index contributed by atoms with van der Waals surface area (Å²) in [6.07, 6.45) is 1.95. The molecular weight excluding hydrogens is 430 g/mol. The van der Waals surface area contributed by atoms with Gasteiger partial charge in [-0.15, -0.1) is 10.2 Å². The molecule has 4 aromatic rings. The molecule has 0 aliphatic rings. The number of benzene rings is 2. The molecule has 0 amide bonds. The van der Waals surface area contributed by atoms with Crippen molar-refractivity contribution in [3.8, 4) is 38.4 Å². The second-order valence-corrected chi connectivity index (χ2v) is 7.61. The molecule has 138 valence electrons. The molecule has 8 heteroatoms. The van der Waals surface area contributed by atoms with Crippen molar-refractivity contribution in [2.45, 2.75) is 0 Å². The van der Waals surface area contributed by atoms with Gasteiger partial charge in [-0.3, -0.25) is 0 Å². The van der Waals surface area contributed by atoms with Crippen LogP contribution in [-0.4, -0.2) is 36.5 Å². The van der Waals surface area contributed by atoms with Gasteiger partial charge in [0, 0.05) is 32.7 Å². The van der Waals surface area contributed by atoms with Gasteiger partial charge in [0.15, 0.2) is 11.5 Å². The number of fused-ring (bicyclic) bond motifs is 1. The second-order valence-electron chi connectivity index (χ2n) is 5.72. The fraction of sp³-hybridized carbons (Fsp3) is 0.158. The van der Waals surface area contributed by atoms with Crippen LogP contribution in [0.1, 0.15) is 0 Å². The Bertz CT molecular complexity index is 1100. The van der Waals surface area contributed by atoms with Crippen LogP contribution >= 0.6 is 27.3 Å². The van der Waals surface area contributed by atoms with Gasteiger partial charge in [-0.05, 0) is 30.3 Å². The minimum atomic E-state index is 0.551. The summed E-state index contributed by atoms with van der Waals surface area (Å²) in [5.74, 6) is 1.72. The number of ether oxygens (including phenoxy) is 3. The Labute approximate surface area is 168 Å². The lowest BCUT2D eigenvalue weighted by molar-refractivity contribution is 0.324. The van der Waals surface area contributed by atoms with E-state index in [0.717, 1.165) is 36.5 Å². The van der Waals surface area contributed by atoms with Crippen molar-refractivity contribution in [3.05, 3.63) is 41.0 Å². The minimum Gasteiger partial charge on any atom is -0.493 e. The third-order valence-electron chi connectivity index (χ3n) is 4.21. The quantitative estimate of drug-likeness (QED) is 0.460. The van der Waals surface area contributed by atoms with Crippen molar-refractivity contribution in [1.29, 1.82) is 0 Å². The van der Waals surface area contributed by atoms with E-state index in [1.807, 2.05) is 30.5 Å². The molecule has 2 aromatic carbocycles. The van der Waals surface area contributed by atoms with E-state index in [4.69, 9.17) is 14.2 Å². The Morgan fingerprint density at radius 1 is 0.926 bits per heavy atom. The predicted molar refractivity (Wildman–Crippen MR) is 110 cm³/mol. The molecule has 4 rings (SSSR count). The minimum absolute atomic E-state index is 0.551. The van der Waals surface area contributed by atoms with Crippen molar-refractivity contribution in [2.75, 3.05) is 21.3 Å². The Kier molecular flexibility index (Phi) is 4.75. The molecule has 2 aromatic heterocycles. The first kappa shape index (κ1) is 17.8. The average molecular weight is 446 g/mol. The molecule has 1 N–H and O–H groups in total. The number of nitrogens with one attached hydrogen (secondary N) is 1. The van der Waals surface area contributed by atoms with E-state index in [0.29, 0.717) is 17.2 Å². The molecule has 0 saturated heterocycles. The summed E-state index contributed by atoms with van der Waals surface area (Å²) in [5, 5.41) is 11.5. The molecule has 0 atom stereocenters. The van der Waals surface area contributed by atoms with Crippen LogP contribution in [0, 0.1) is 0 Å². The maximum atomic E-state index is 5.43. The Hall–Kier alpha value is -2.58. The molecule has 6 nitrogen and oxygen atoms in total. The summed E-state index contributed by atoms with van der Waals surface area (Å²) in [4.78, 5) is 3.28. The number of nitrogens with zero attached hydrogens (tertiary/aromatic N) is 2. The average Bonchev–Trinajstić information content (AvgIpc) is 3.33. The van der Waals surface area contributed by atoms with Gasteiger partial charge < -0.3 is 19.2 Å². The lowest BCUT2D eigenvalue weighted by Crippen LogP contribution is -1.95. The van der Waals surface area contributed by atoms with Crippen LogP contribution in [-0.2, 0) is 0 Å². The van der Waals surface area contributed by atoms with Gasteiger partial charge in [-0.1, -0.05) is 27.3 Å². The van der Waals surface area contributed by atoms with E-state index >= 15 is 0 Å². The van der Waals surface area contributed by atoms with E-state index in [2.05, 4.69) is 37.2 Å². The van der Waals surface area contributed by atoms with Gasteiger partial charge in [-0.25, -0.2) is 0 Å². The summed E-state index contributed by atoms with van der Waals surface area (Å²) in [6.45, 7) is 0. The van der Waals surface area contributed by atoms with Gasteiger partial charge in [0.25, 0.3) is 0 Å². The molecule has 0 unspecified atom stereocenters. The van der Waals surface area contributed by atoms with Crippen molar-refractivity contribution in [1.82, 2.24) is 15.2 Å². The van der Waals surface area contributed by atoms with E-state index in [1.54, 1.807) is 21.3 Å². The normalized spacial score (nSPS) is 11.0. The van der Waals surface area contributed by atoms with Gasteiger partial charge in [0.05, 0.1) is 21.3 Å². The van der Waals surface area contributed by atoms with Crippen LogP contribution in [0.25, 0.3) is 32.0 Å². The highest BCUT2D eigenvalue weighted by Gasteiger charge is 2.18. The summed E-state index contributed by atoms with van der Waals surface area (Å²) in [6, 6.07) is 9.85. The molecule has 0 saturated carbocycles. The predicted octanol–water partition coefficient (Wildman–Crippen LogP) is 5.14. The number of H-pyrrole nitrogens is 1. The topological polar surface area (TPSA) is 69.3 Å². The molecule has 0 aliphatic heterocycles. The van der Waals surface area contributed by atoms with Crippen LogP contribution in [0.2, 0.25) is 0 Å². The van der Waals surface area contributed by atoms with Crippen LogP contribution in [0.5, 0.6) is 17.2 Å². The number of rotatable bonds is 5. The zero-order valence-corrected chi connectivity index (χ0v) is 17.3. The van der Waals surface area contributed by atoms with E-state index in [9.17, 15) is 0 Å². The number of halogens is 1. The summed E-state index contributed by atoms with van der Waals surface area (Å²) < 4.78 is 17.3. The van der Waals surface area contributed by atoms with Gasteiger partial charge >= 0.3 is 0 Å². The summed E-state index contributed by atoms with van der Waals surface area (Å²) in [5.41, 5.74) is 2.93. The molecule has 0 aliphatic carbocycles. The Balaban J connectivity index is 1.79. The van der Waals surface area contributed by atoms with Crippen LogP contribution in [0.3, 0.4) is 0 Å². The van der Waals surface area contributed by atoms with Crippen molar-refractivity contribution < 1.29 is 14.2 Å². The van der Waals surface area contributed by atoms with Crippen molar-refractivity contribution in [2.24, 2.45) is 0 Å². The van der Waals surface area contributed by atoms with E-state index in [-0.39, 0.29) is 0 Å². The van der Waals surface area contributed by atoms with Crippen LogP contribution in [0.4, 0.5) is 0 Å². The highest BCUT2D eigenvalue weighted by Crippen LogP contribution is 2.43. The standard InChI is InChI=1S/C19H16BrN3O3S/c1-24-15-6-10(7-16(25-2)17(15)26-3)18-22-23-19(27-18)13-9-21-14-5-4-11(20)8-12(13)14/h4-9,21H,1-3H3. The number of hydrogen-bond donors (Lipinski definition) is 1. The fourth-order valence-corrected chi connectivity index (χ4v) is 4.15. The monoisotopic (exact) mass is 445 g/mol. The molecule has 0 radical (unpaired) electrons. The van der Waals surface area contributed by atoms with Gasteiger partial charge in [0.2, 0.25) is 5.75 Å². The SMILES string of the molecule is COc1cc(-c2nnc(-c3c[nH]c4ccc(Br)cc34)s2)cc(OC)c1OC. The first-order valence-electron chi connectivity index (χ1n) is 8.05. The second kappa shape index (κ2) is 7.21. The molecule has 27 heavy (non-hydrogen) atoms. The van der Waals surface area contributed by atoms with Crippen molar-refractivity contribution in [3.63, 3.8) is 0 Å². The Morgan fingerprint density at radius 3 is 2.30 bits per heavy atom. The molecular formula is C19H16BrN3O3S. The van der Waals surface area contributed by atoms with Crippen LogP contribution in [0.15, 0.2) is 41.0 Å². The summed E-state index contributed by atoms with van der Waals surface area (Å²) in [7, 11) is 4.77. The van der Waals surface area contributed by atoms with E-state index < -0.39 is 0 Å². The highest BCUT2D eigenvalue weighted by atomic mass is 79.9. The van der Waals surface area contributed by atoms with Crippen molar-refractivity contribution >= 4 is 38.2 Å². The number of aromatic nitrogens is 3. The molecule has 0 spiro atoms. The van der Waals surface area contributed by atoms with Crippen LogP contribution < -0.4 is 14.2 Å². The molecule has 0 fully saturated rings. The van der Waals surface area contributed by atoms with E-state index in [1.165, 1.54) is 11.3 Å². The Morgan fingerprint density at radius 2 is 1.63 bits per heavy atom. The first-order valence-corrected chi connectivity index (χ1v) is 9.66. The zero-order valence-electron chi connectivity index (χ0n) is 14.9. The lowest BCUT2D eigenvalue weighted by atomic mass is 10.2. The van der Waals surface area contributed by atoms with Gasteiger partial charge in [0.1, 0.15) is 10.0 Å². The third kappa shape index (κ3) is 3.15. The largest absolute Gasteiger partial charge is 0.493 e.